The number of hydrogen-bond acceptors (Lipinski definition) is 5. The molecule has 0 radical (unpaired) electrons. The highest BCUT2D eigenvalue weighted by atomic mass is 16.5. The number of esters is 1. The molecule has 1 N–H and O–H groups in total. The second-order valence-electron chi connectivity index (χ2n) is 5.78. The minimum atomic E-state index is -0.679. The van der Waals surface area contributed by atoms with Gasteiger partial charge in [-0.25, -0.2) is 4.79 Å². The number of methoxy groups -OCH3 is 1. The first-order valence-electron chi connectivity index (χ1n) is 8.22. The minimum Gasteiger partial charge on any atom is -0.495 e. The van der Waals surface area contributed by atoms with Gasteiger partial charge in [0, 0.05) is 13.1 Å². The van der Waals surface area contributed by atoms with E-state index in [1.165, 1.54) is 20.1 Å². The summed E-state index contributed by atoms with van der Waals surface area (Å²) in [5.41, 5.74) is 1.62. The number of carbonyl (C=O) groups excluding carboxylic acids is 3. The van der Waals surface area contributed by atoms with E-state index in [1.54, 1.807) is 53.1 Å². The van der Waals surface area contributed by atoms with Gasteiger partial charge in [0.1, 0.15) is 5.75 Å². The van der Waals surface area contributed by atoms with Gasteiger partial charge in [0.15, 0.2) is 12.4 Å². The second-order valence-corrected chi connectivity index (χ2v) is 5.78. The minimum absolute atomic E-state index is 0.177. The van der Waals surface area contributed by atoms with Crippen molar-refractivity contribution in [2.24, 2.45) is 0 Å². The Morgan fingerprint density at radius 1 is 1.07 bits per heavy atom. The smallest absolute Gasteiger partial charge is 0.340 e. The van der Waals surface area contributed by atoms with Crippen LogP contribution in [0.5, 0.6) is 5.75 Å². The third-order valence-electron chi connectivity index (χ3n) is 3.97. The van der Waals surface area contributed by atoms with Crippen LogP contribution >= 0.6 is 0 Å². The zero-order chi connectivity index (χ0) is 19.4. The fourth-order valence-corrected chi connectivity index (χ4v) is 2.73. The molecular formula is C20H18N2O5. The van der Waals surface area contributed by atoms with Crippen molar-refractivity contribution in [2.45, 2.75) is 6.92 Å². The lowest BCUT2D eigenvalue weighted by Crippen LogP contribution is -2.21. The van der Waals surface area contributed by atoms with E-state index in [9.17, 15) is 14.4 Å². The van der Waals surface area contributed by atoms with Crippen molar-refractivity contribution >= 4 is 28.9 Å². The first-order valence-corrected chi connectivity index (χ1v) is 8.22. The molecule has 3 rings (SSSR count). The van der Waals surface area contributed by atoms with E-state index in [-0.39, 0.29) is 11.3 Å². The summed E-state index contributed by atoms with van der Waals surface area (Å²) in [5.74, 6) is -0.851. The van der Waals surface area contributed by atoms with Gasteiger partial charge in [0.05, 0.1) is 29.6 Å². The molecule has 1 amide bonds. The van der Waals surface area contributed by atoms with Crippen LogP contribution in [0.1, 0.15) is 27.8 Å². The van der Waals surface area contributed by atoms with E-state index in [4.69, 9.17) is 9.47 Å². The van der Waals surface area contributed by atoms with Crippen molar-refractivity contribution in [1.29, 1.82) is 0 Å². The number of fused-ring (bicyclic) bond motifs is 1. The predicted octanol–water partition coefficient (Wildman–Crippen LogP) is 2.95. The van der Waals surface area contributed by atoms with Gasteiger partial charge in [0.2, 0.25) is 0 Å². The van der Waals surface area contributed by atoms with Crippen LogP contribution in [0.15, 0.2) is 54.7 Å². The first-order chi connectivity index (χ1) is 13.0. The van der Waals surface area contributed by atoms with Crippen molar-refractivity contribution in [3.63, 3.8) is 0 Å². The summed E-state index contributed by atoms with van der Waals surface area (Å²) in [4.78, 5) is 36.3. The van der Waals surface area contributed by atoms with Crippen molar-refractivity contribution in [2.75, 3.05) is 19.0 Å². The zero-order valence-electron chi connectivity index (χ0n) is 14.9. The number of nitrogens with one attached hydrogen (secondary N) is 1. The molecule has 138 valence electrons. The molecule has 0 saturated heterocycles. The number of para-hydroxylation sites is 2. The molecule has 0 aliphatic rings. The molecule has 1 aromatic carbocycles. The molecule has 0 fully saturated rings. The quantitative estimate of drug-likeness (QED) is 0.535. The molecule has 0 aliphatic carbocycles. The number of hydrogen-bond donors (Lipinski definition) is 1. The second kappa shape index (κ2) is 7.74. The average Bonchev–Trinajstić information content (AvgIpc) is 3.06. The number of benzene rings is 1. The highest BCUT2D eigenvalue weighted by Crippen LogP contribution is 2.23. The summed E-state index contributed by atoms with van der Waals surface area (Å²) >= 11 is 0. The Bertz CT molecular complexity index is 1020. The SMILES string of the molecule is COc1ccccc1NC(=O)COC(=O)c1cc(C(C)=O)n2ccccc12. The molecule has 2 aromatic heterocycles. The fourth-order valence-electron chi connectivity index (χ4n) is 2.73. The molecule has 0 bridgehead atoms. The number of ketones is 1. The monoisotopic (exact) mass is 366 g/mol. The van der Waals surface area contributed by atoms with E-state index < -0.39 is 18.5 Å². The summed E-state index contributed by atoms with van der Waals surface area (Å²) in [6, 6.07) is 13.6. The van der Waals surface area contributed by atoms with Crippen molar-refractivity contribution < 1.29 is 23.9 Å². The van der Waals surface area contributed by atoms with E-state index in [0.717, 1.165) is 0 Å². The standard InChI is InChI=1S/C20H18N2O5/c1-13(23)17-11-14(16-8-5-6-10-22(16)17)20(25)27-12-19(24)21-15-7-3-4-9-18(15)26-2/h3-11H,12H2,1-2H3,(H,21,24). The van der Waals surface area contributed by atoms with Crippen LogP contribution < -0.4 is 10.1 Å². The Balaban J connectivity index is 1.72. The molecule has 27 heavy (non-hydrogen) atoms. The summed E-state index contributed by atoms with van der Waals surface area (Å²) < 4.78 is 11.9. The molecule has 0 atom stereocenters. The molecule has 0 aliphatic heterocycles. The van der Waals surface area contributed by atoms with Gasteiger partial charge in [-0.05, 0) is 30.3 Å². The Hall–Kier alpha value is -3.61. The van der Waals surface area contributed by atoms with Crippen LogP contribution in [-0.4, -0.2) is 35.8 Å². The molecule has 7 nitrogen and oxygen atoms in total. The van der Waals surface area contributed by atoms with Crippen molar-refractivity contribution in [3.8, 4) is 5.75 Å². The highest BCUT2D eigenvalue weighted by Gasteiger charge is 2.19. The molecule has 0 spiro atoms. The molecule has 7 heteroatoms. The predicted molar refractivity (Wildman–Crippen MR) is 99.3 cm³/mol. The van der Waals surface area contributed by atoms with Crippen molar-refractivity contribution in [1.82, 2.24) is 4.40 Å². The van der Waals surface area contributed by atoms with E-state index in [2.05, 4.69) is 5.32 Å². The van der Waals surface area contributed by atoms with Gasteiger partial charge in [-0.2, -0.15) is 0 Å². The van der Waals surface area contributed by atoms with Crippen LogP contribution in [0, 0.1) is 0 Å². The summed E-state index contributed by atoms with van der Waals surface area (Å²) in [6.45, 7) is 0.959. The van der Waals surface area contributed by atoms with Gasteiger partial charge < -0.3 is 19.2 Å². The lowest BCUT2D eigenvalue weighted by Gasteiger charge is -2.10. The summed E-state index contributed by atoms with van der Waals surface area (Å²) in [6.07, 6.45) is 1.69. The largest absolute Gasteiger partial charge is 0.495 e. The molecular weight excluding hydrogens is 348 g/mol. The van der Waals surface area contributed by atoms with Gasteiger partial charge in [0.25, 0.3) is 5.91 Å². The van der Waals surface area contributed by atoms with Crippen LogP contribution in [0.4, 0.5) is 5.69 Å². The van der Waals surface area contributed by atoms with Gasteiger partial charge in [-0.15, -0.1) is 0 Å². The van der Waals surface area contributed by atoms with Gasteiger partial charge in [-0.3, -0.25) is 9.59 Å². The number of Topliss-reactive ketones (excluding diaryl/α,β-unsaturated/α-hetero) is 1. The Morgan fingerprint density at radius 3 is 2.56 bits per heavy atom. The van der Waals surface area contributed by atoms with Crippen LogP contribution in [0.25, 0.3) is 5.52 Å². The van der Waals surface area contributed by atoms with Crippen LogP contribution in [0.2, 0.25) is 0 Å². The number of pyridine rings is 1. The number of ether oxygens (including phenoxy) is 2. The van der Waals surface area contributed by atoms with E-state index in [0.29, 0.717) is 22.6 Å². The normalized spacial score (nSPS) is 10.4. The number of rotatable bonds is 6. The van der Waals surface area contributed by atoms with Gasteiger partial charge >= 0.3 is 5.97 Å². The summed E-state index contributed by atoms with van der Waals surface area (Å²) in [5, 5.41) is 2.63. The topological polar surface area (TPSA) is 86.1 Å². The lowest BCUT2D eigenvalue weighted by molar-refractivity contribution is -0.119. The summed E-state index contributed by atoms with van der Waals surface area (Å²) in [7, 11) is 1.50. The number of aromatic nitrogens is 1. The Morgan fingerprint density at radius 2 is 1.81 bits per heavy atom. The third kappa shape index (κ3) is 3.82. The maximum absolute atomic E-state index is 12.4. The van der Waals surface area contributed by atoms with Crippen LogP contribution in [0.3, 0.4) is 0 Å². The Kier molecular flexibility index (Phi) is 5.21. The Labute approximate surface area is 155 Å². The average molecular weight is 366 g/mol. The number of amides is 1. The molecule has 0 unspecified atom stereocenters. The first kappa shape index (κ1) is 18.2. The molecule has 2 heterocycles. The van der Waals surface area contributed by atoms with Crippen molar-refractivity contribution in [3.05, 3.63) is 66.0 Å². The van der Waals surface area contributed by atoms with E-state index >= 15 is 0 Å². The number of anilines is 1. The maximum Gasteiger partial charge on any atom is 0.340 e. The van der Waals surface area contributed by atoms with Gasteiger partial charge in [-0.1, -0.05) is 18.2 Å². The molecule has 3 aromatic rings. The fraction of sp³-hybridized carbons (Fsp3) is 0.150. The third-order valence-corrected chi connectivity index (χ3v) is 3.97. The van der Waals surface area contributed by atoms with E-state index in [1.807, 2.05) is 0 Å². The molecule has 0 saturated carbocycles. The lowest BCUT2D eigenvalue weighted by atomic mass is 10.2. The number of carbonyl (C=O) groups is 3. The highest BCUT2D eigenvalue weighted by molar-refractivity contribution is 6.04. The maximum atomic E-state index is 12.4. The zero-order valence-corrected chi connectivity index (χ0v) is 14.9. The van der Waals surface area contributed by atoms with Crippen LogP contribution in [-0.2, 0) is 9.53 Å². The number of nitrogens with zero attached hydrogens (tertiary/aromatic N) is 1.